The van der Waals surface area contributed by atoms with Crippen LogP contribution in [0.5, 0.6) is 0 Å². The number of benzene rings is 2. The Labute approximate surface area is 167 Å². The van der Waals surface area contributed by atoms with E-state index in [1.807, 2.05) is 24.3 Å². The minimum Gasteiger partial charge on any atom is -0.368 e. The standard InChI is InChI=1S/C20H19ClFN5O/c1-14-12-17(6-7-18(14)22)27-13-19(23-24-27)20(28)26-10-8-25(9-11-26)16-4-2-15(21)3-5-16/h2-7,12-13H,8-11H2,1H3. The van der Waals surface area contributed by atoms with Gasteiger partial charge in [0.1, 0.15) is 5.82 Å². The predicted molar refractivity (Wildman–Crippen MR) is 106 cm³/mol. The van der Waals surface area contributed by atoms with Gasteiger partial charge in [-0.05, 0) is 55.0 Å². The number of aryl methyl sites for hydroxylation is 1. The number of nitrogens with zero attached hydrogens (tertiary/aromatic N) is 5. The van der Waals surface area contributed by atoms with Crippen LogP contribution in [0.3, 0.4) is 0 Å². The Morgan fingerprint density at radius 1 is 1.04 bits per heavy atom. The maximum absolute atomic E-state index is 13.4. The number of carbonyl (C=O) groups excluding carboxylic acids is 1. The lowest BCUT2D eigenvalue weighted by molar-refractivity contribution is 0.0741. The molecule has 0 radical (unpaired) electrons. The van der Waals surface area contributed by atoms with E-state index in [-0.39, 0.29) is 17.4 Å². The molecule has 8 heteroatoms. The highest BCUT2D eigenvalue weighted by molar-refractivity contribution is 6.30. The molecule has 0 N–H and O–H groups in total. The summed E-state index contributed by atoms with van der Waals surface area (Å²) in [5, 5.41) is 8.73. The lowest BCUT2D eigenvalue weighted by Gasteiger charge is -2.35. The molecule has 1 aromatic heterocycles. The molecule has 1 aliphatic heterocycles. The zero-order chi connectivity index (χ0) is 19.7. The first kappa shape index (κ1) is 18.4. The van der Waals surface area contributed by atoms with Gasteiger partial charge in [-0.3, -0.25) is 4.79 Å². The molecule has 0 aliphatic carbocycles. The van der Waals surface area contributed by atoms with Crippen molar-refractivity contribution in [2.75, 3.05) is 31.1 Å². The van der Waals surface area contributed by atoms with Gasteiger partial charge >= 0.3 is 0 Å². The van der Waals surface area contributed by atoms with Crippen molar-refractivity contribution in [2.45, 2.75) is 6.92 Å². The van der Waals surface area contributed by atoms with Crippen LogP contribution in [0.15, 0.2) is 48.7 Å². The van der Waals surface area contributed by atoms with Gasteiger partial charge in [-0.1, -0.05) is 16.8 Å². The highest BCUT2D eigenvalue weighted by atomic mass is 35.5. The molecule has 6 nitrogen and oxygen atoms in total. The van der Waals surface area contributed by atoms with Gasteiger partial charge in [0.2, 0.25) is 0 Å². The Morgan fingerprint density at radius 2 is 1.71 bits per heavy atom. The molecule has 3 aromatic rings. The maximum Gasteiger partial charge on any atom is 0.276 e. The third-order valence-electron chi connectivity index (χ3n) is 4.88. The molecule has 0 bridgehead atoms. The first-order chi connectivity index (χ1) is 13.5. The van der Waals surface area contributed by atoms with Crippen LogP contribution in [0.25, 0.3) is 5.69 Å². The maximum atomic E-state index is 13.4. The largest absolute Gasteiger partial charge is 0.368 e. The van der Waals surface area contributed by atoms with Gasteiger partial charge in [-0.2, -0.15) is 0 Å². The number of halogens is 2. The van der Waals surface area contributed by atoms with Crippen molar-refractivity contribution < 1.29 is 9.18 Å². The van der Waals surface area contributed by atoms with Gasteiger partial charge in [0.05, 0.1) is 11.9 Å². The second-order valence-electron chi connectivity index (χ2n) is 6.74. The van der Waals surface area contributed by atoms with Gasteiger partial charge < -0.3 is 9.80 Å². The lowest BCUT2D eigenvalue weighted by atomic mass is 10.2. The molecule has 28 heavy (non-hydrogen) atoms. The van der Waals surface area contributed by atoms with Gasteiger partial charge in [0.15, 0.2) is 5.69 Å². The molecule has 0 spiro atoms. The molecular formula is C20H19ClFN5O. The first-order valence-electron chi connectivity index (χ1n) is 9.00. The van der Waals surface area contributed by atoms with E-state index in [0.717, 1.165) is 18.8 Å². The normalized spacial score (nSPS) is 14.4. The van der Waals surface area contributed by atoms with Crippen LogP contribution in [0.1, 0.15) is 16.1 Å². The Hall–Kier alpha value is -2.93. The molecule has 1 fully saturated rings. The van der Waals surface area contributed by atoms with E-state index in [0.29, 0.717) is 29.4 Å². The SMILES string of the molecule is Cc1cc(-n2cc(C(=O)N3CCN(c4ccc(Cl)cc4)CC3)nn2)ccc1F. The van der Waals surface area contributed by atoms with Crippen LogP contribution < -0.4 is 4.90 Å². The van der Waals surface area contributed by atoms with Crippen molar-refractivity contribution in [1.29, 1.82) is 0 Å². The summed E-state index contributed by atoms with van der Waals surface area (Å²) in [5.74, 6) is -0.431. The van der Waals surface area contributed by atoms with Crippen molar-refractivity contribution in [3.63, 3.8) is 0 Å². The zero-order valence-corrected chi connectivity index (χ0v) is 16.1. The van der Waals surface area contributed by atoms with E-state index in [1.54, 1.807) is 30.2 Å². The fourth-order valence-electron chi connectivity index (χ4n) is 3.24. The van der Waals surface area contributed by atoms with Gasteiger partial charge in [0, 0.05) is 36.9 Å². The summed E-state index contributed by atoms with van der Waals surface area (Å²) in [6.45, 7) is 4.35. The average molecular weight is 400 g/mol. The Balaban J connectivity index is 1.42. The topological polar surface area (TPSA) is 54.3 Å². The number of piperazine rings is 1. The molecule has 2 heterocycles. The summed E-state index contributed by atoms with van der Waals surface area (Å²) in [6.07, 6.45) is 1.58. The molecule has 1 amide bonds. The zero-order valence-electron chi connectivity index (χ0n) is 15.3. The third kappa shape index (κ3) is 3.71. The van der Waals surface area contributed by atoms with Crippen LogP contribution in [-0.4, -0.2) is 52.0 Å². The smallest absolute Gasteiger partial charge is 0.276 e. The van der Waals surface area contributed by atoms with Crippen LogP contribution >= 0.6 is 11.6 Å². The molecule has 4 rings (SSSR count). The summed E-state index contributed by atoms with van der Waals surface area (Å²) in [5.41, 5.74) is 2.55. The van der Waals surface area contributed by atoms with E-state index >= 15 is 0 Å². The summed E-state index contributed by atoms with van der Waals surface area (Å²) in [4.78, 5) is 16.8. The fourth-order valence-corrected chi connectivity index (χ4v) is 3.37. The minimum absolute atomic E-state index is 0.152. The predicted octanol–water partition coefficient (Wildman–Crippen LogP) is 3.33. The van der Waals surface area contributed by atoms with E-state index in [1.165, 1.54) is 10.7 Å². The highest BCUT2D eigenvalue weighted by Crippen LogP contribution is 2.20. The van der Waals surface area contributed by atoms with E-state index < -0.39 is 0 Å². The van der Waals surface area contributed by atoms with Crippen molar-refractivity contribution in [1.82, 2.24) is 19.9 Å². The van der Waals surface area contributed by atoms with Crippen molar-refractivity contribution in [3.05, 3.63) is 70.8 Å². The first-order valence-corrected chi connectivity index (χ1v) is 9.38. The monoisotopic (exact) mass is 399 g/mol. The summed E-state index contributed by atoms with van der Waals surface area (Å²) in [7, 11) is 0. The highest BCUT2D eigenvalue weighted by Gasteiger charge is 2.24. The number of carbonyl (C=O) groups is 1. The Kier molecular flexibility index (Phi) is 5.00. The third-order valence-corrected chi connectivity index (χ3v) is 5.13. The van der Waals surface area contributed by atoms with E-state index in [4.69, 9.17) is 11.6 Å². The lowest BCUT2D eigenvalue weighted by Crippen LogP contribution is -2.48. The summed E-state index contributed by atoms with van der Waals surface area (Å²) >= 11 is 5.94. The van der Waals surface area contributed by atoms with Crippen molar-refractivity contribution in [3.8, 4) is 5.69 Å². The van der Waals surface area contributed by atoms with Crippen molar-refractivity contribution in [2.24, 2.45) is 0 Å². The molecule has 0 saturated carbocycles. The van der Waals surface area contributed by atoms with Crippen LogP contribution in [0.4, 0.5) is 10.1 Å². The molecular weight excluding hydrogens is 381 g/mol. The van der Waals surface area contributed by atoms with Crippen LogP contribution in [0, 0.1) is 12.7 Å². The van der Waals surface area contributed by atoms with Gasteiger partial charge in [-0.15, -0.1) is 5.10 Å². The number of hydrogen-bond donors (Lipinski definition) is 0. The van der Waals surface area contributed by atoms with Gasteiger partial charge in [0.25, 0.3) is 5.91 Å². The average Bonchev–Trinajstić information content (AvgIpc) is 3.20. The van der Waals surface area contributed by atoms with Crippen molar-refractivity contribution >= 4 is 23.2 Å². The molecule has 0 atom stereocenters. The fraction of sp³-hybridized carbons (Fsp3) is 0.250. The summed E-state index contributed by atoms with van der Waals surface area (Å²) in [6, 6.07) is 12.4. The summed E-state index contributed by atoms with van der Waals surface area (Å²) < 4.78 is 14.9. The van der Waals surface area contributed by atoms with E-state index in [2.05, 4.69) is 15.2 Å². The molecule has 144 valence electrons. The molecule has 0 unspecified atom stereocenters. The van der Waals surface area contributed by atoms with Crippen LogP contribution in [0.2, 0.25) is 5.02 Å². The molecule has 2 aromatic carbocycles. The van der Waals surface area contributed by atoms with Gasteiger partial charge in [-0.25, -0.2) is 9.07 Å². The number of rotatable bonds is 3. The molecule has 1 saturated heterocycles. The second kappa shape index (κ2) is 7.59. The minimum atomic E-state index is -0.279. The number of anilines is 1. The number of hydrogen-bond acceptors (Lipinski definition) is 4. The van der Waals surface area contributed by atoms with E-state index in [9.17, 15) is 9.18 Å². The quantitative estimate of drug-likeness (QED) is 0.678. The number of aromatic nitrogens is 3. The molecule has 1 aliphatic rings. The van der Waals surface area contributed by atoms with Crippen LogP contribution in [-0.2, 0) is 0 Å². The number of amides is 1. The second-order valence-corrected chi connectivity index (χ2v) is 7.17. The Morgan fingerprint density at radius 3 is 2.39 bits per heavy atom. The Bertz CT molecular complexity index is 996.